The lowest BCUT2D eigenvalue weighted by Crippen LogP contribution is -2.50. The molecule has 5 rings (SSSR count). The fraction of sp³-hybridized carbons (Fsp3) is 0.273. The maximum absolute atomic E-state index is 12.9. The molecule has 1 fully saturated rings. The summed E-state index contributed by atoms with van der Waals surface area (Å²) in [6.07, 6.45) is 3.66. The number of aryl methyl sites for hydroxylation is 1. The van der Waals surface area contributed by atoms with Gasteiger partial charge in [0.05, 0.1) is 18.8 Å². The minimum Gasteiger partial charge on any atom is -0.379 e. The van der Waals surface area contributed by atoms with Crippen LogP contribution in [0.3, 0.4) is 0 Å². The van der Waals surface area contributed by atoms with Gasteiger partial charge in [0.2, 0.25) is 11.7 Å². The average Bonchev–Trinajstić information content (AvgIpc) is 3.39. The minimum absolute atomic E-state index is 0.238. The van der Waals surface area contributed by atoms with Crippen LogP contribution in [-0.4, -0.2) is 56.6 Å². The van der Waals surface area contributed by atoms with E-state index in [9.17, 15) is 4.79 Å². The van der Waals surface area contributed by atoms with Gasteiger partial charge in [-0.25, -0.2) is 4.98 Å². The monoisotopic (exact) mass is 418 g/mol. The fourth-order valence-corrected chi connectivity index (χ4v) is 3.61. The van der Waals surface area contributed by atoms with Gasteiger partial charge in [-0.1, -0.05) is 23.4 Å². The summed E-state index contributed by atoms with van der Waals surface area (Å²) in [6, 6.07) is 11.3. The number of likely N-dealkylation sites (tertiary alicyclic amines) is 1. The van der Waals surface area contributed by atoms with Crippen LogP contribution in [0.5, 0.6) is 0 Å². The SMILES string of the molecule is COC1CN(Cc2nc(-c3ccc(C)c(NC(=O)c4cnc5ccccn45)c3)no2)C1. The number of hydrogen-bond donors (Lipinski definition) is 1. The maximum Gasteiger partial charge on any atom is 0.274 e. The third-order valence-electron chi connectivity index (χ3n) is 5.48. The number of carbonyl (C=O) groups excluding carboxylic acids is 1. The summed E-state index contributed by atoms with van der Waals surface area (Å²) in [5, 5.41) is 7.08. The Balaban J connectivity index is 1.33. The van der Waals surface area contributed by atoms with E-state index in [4.69, 9.17) is 9.26 Å². The molecule has 1 amide bonds. The first-order valence-electron chi connectivity index (χ1n) is 10.0. The Kier molecular flexibility index (Phi) is 4.97. The van der Waals surface area contributed by atoms with Crippen LogP contribution in [0, 0.1) is 6.92 Å². The van der Waals surface area contributed by atoms with E-state index in [-0.39, 0.29) is 12.0 Å². The zero-order valence-electron chi connectivity index (χ0n) is 17.3. The molecule has 0 spiro atoms. The van der Waals surface area contributed by atoms with E-state index in [1.165, 1.54) is 0 Å². The van der Waals surface area contributed by atoms with Gasteiger partial charge in [-0.3, -0.25) is 14.1 Å². The van der Waals surface area contributed by atoms with Gasteiger partial charge in [0.1, 0.15) is 11.3 Å². The van der Waals surface area contributed by atoms with Crippen molar-refractivity contribution < 1.29 is 14.1 Å². The number of benzene rings is 1. The van der Waals surface area contributed by atoms with Crippen molar-refractivity contribution in [2.24, 2.45) is 0 Å². The standard InChI is InChI=1S/C22H22N6O3/c1-14-6-7-15(21-25-20(31-26-21)13-27-11-16(12-27)30-2)9-17(14)24-22(29)18-10-23-19-5-3-4-8-28(18)19/h3-10,16H,11-13H2,1-2H3,(H,24,29). The third kappa shape index (κ3) is 3.80. The number of pyridine rings is 1. The number of rotatable bonds is 6. The molecule has 9 heteroatoms. The Morgan fingerprint density at radius 3 is 3.00 bits per heavy atom. The molecule has 0 bridgehead atoms. The Morgan fingerprint density at radius 1 is 1.29 bits per heavy atom. The molecule has 31 heavy (non-hydrogen) atoms. The van der Waals surface area contributed by atoms with Gasteiger partial charge >= 0.3 is 0 Å². The summed E-state index contributed by atoms with van der Waals surface area (Å²) in [5.41, 5.74) is 3.57. The summed E-state index contributed by atoms with van der Waals surface area (Å²) in [7, 11) is 1.72. The van der Waals surface area contributed by atoms with Crippen LogP contribution >= 0.6 is 0 Å². The average molecular weight is 418 g/mol. The van der Waals surface area contributed by atoms with Crippen molar-refractivity contribution in [3.05, 3.63) is 65.9 Å². The van der Waals surface area contributed by atoms with Gasteiger partial charge in [0, 0.05) is 37.6 Å². The lowest BCUT2D eigenvalue weighted by Gasteiger charge is -2.36. The zero-order chi connectivity index (χ0) is 21.4. The number of ether oxygens (including phenoxy) is 1. The second-order valence-electron chi connectivity index (χ2n) is 7.62. The minimum atomic E-state index is -0.238. The van der Waals surface area contributed by atoms with Crippen molar-refractivity contribution in [3.8, 4) is 11.4 Å². The number of hydrogen-bond acceptors (Lipinski definition) is 7. The number of aromatic nitrogens is 4. The first kappa shape index (κ1) is 19.4. The van der Waals surface area contributed by atoms with Crippen LogP contribution in [0.1, 0.15) is 21.9 Å². The van der Waals surface area contributed by atoms with E-state index in [0.29, 0.717) is 29.6 Å². The molecule has 0 saturated carbocycles. The molecule has 1 saturated heterocycles. The first-order valence-corrected chi connectivity index (χ1v) is 10.0. The van der Waals surface area contributed by atoms with Gasteiger partial charge in [0.25, 0.3) is 5.91 Å². The third-order valence-corrected chi connectivity index (χ3v) is 5.48. The van der Waals surface area contributed by atoms with Gasteiger partial charge in [-0.15, -0.1) is 0 Å². The first-order chi connectivity index (χ1) is 15.1. The number of nitrogens with zero attached hydrogens (tertiary/aromatic N) is 5. The van der Waals surface area contributed by atoms with Gasteiger partial charge in [-0.2, -0.15) is 4.98 Å². The molecule has 3 aromatic heterocycles. The number of fused-ring (bicyclic) bond motifs is 1. The molecule has 0 unspecified atom stereocenters. The maximum atomic E-state index is 12.9. The predicted molar refractivity (Wildman–Crippen MR) is 114 cm³/mol. The Labute approximate surface area is 178 Å². The van der Waals surface area contributed by atoms with Crippen LogP contribution in [0.15, 0.2) is 53.3 Å². The molecule has 0 aliphatic carbocycles. The van der Waals surface area contributed by atoms with Crippen molar-refractivity contribution in [1.29, 1.82) is 0 Å². The highest BCUT2D eigenvalue weighted by Gasteiger charge is 2.27. The Hall–Kier alpha value is -3.56. The van der Waals surface area contributed by atoms with E-state index in [1.54, 1.807) is 17.7 Å². The lowest BCUT2D eigenvalue weighted by molar-refractivity contribution is -0.0372. The molecule has 9 nitrogen and oxygen atoms in total. The Morgan fingerprint density at radius 2 is 2.16 bits per heavy atom. The smallest absolute Gasteiger partial charge is 0.274 e. The highest BCUT2D eigenvalue weighted by Crippen LogP contribution is 2.25. The second kappa shape index (κ2) is 7.93. The number of anilines is 1. The lowest BCUT2D eigenvalue weighted by atomic mass is 10.1. The molecule has 158 valence electrons. The molecule has 0 radical (unpaired) electrons. The molecule has 1 aromatic carbocycles. The topological polar surface area (TPSA) is 97.8 Å². The van der Waals surface area contributed by atoms with Crippen LogP contribution < -0.4 is 5.32 Å². The number of methoxy groups -OCH3 is 1. The highest BCUT2D eigenvalue weighted by atomic mass is 16.5. The van der Waals surface area contributed by atoms with Crippen molar-refractivity contribution in [3.63, 3.8) is 0 Å². The number of amides is 1. The van der Waals surface area contributed by atoms with Gasteiger partial charge in [0.15, 0.2) is 0 Å². The molecule has 0 atom stereocenters. The summed E-state index contributed by atoms with van der Waals surface area (Å²) in [4.78, 5) is 23.8. The van der Waals surface area contributed by atoms with Crippen molar-refractivity contribution in [2.45, 2.75) is 19.6 Å². The summed E-state index contributed by atoms with van der Waals surface area (Å²) in [5.74, 6) is 0.809. The number of nitrogens with one attached hydrogen (secondary N) is 1. The van der Waals surface area contributed by atoms with Crippen molar-refractivity contribution in [1.82, 2.24) is 24.4 Å². The molecule has 1 aliphatic heterocycles. The van der Waals surface area contributed by atoms with Crippen LogP contribution in [0.25, 0.3) is 17.0 Å². The Bertz CT molecular complexity index is 1240. The number of imidazole rings is 1. The van der Waals surface area contributed by atoms with Gasteiger partial charge in [-0.05, 0) is 30.7 Å². The van der Waals surface area contributed by atoms with Crippen molar-refractivity contribution >= 4 is 17.2 Å². The van der Waals surface area contributed by atoms with E-state index in [1.807, 2.05) is 49.5 Å². The molecular weight excluding hydrogens is 396 g/mol. The molecule has 4 heterocycles. The zero-order valence-corrected chi connectivity index (χ0v) is 17.3. The van der Waals surface area contributed by atoms with Gasteiger partial charge < -0.3 is 14.6 Å². The van der Waals surface area contributed by atoms with Crippen LogP contribution in [0.2, 0.25) is 0 Å². The van der Waals surface area contributed by atoms with E-state index in [2.05, 4.69) is 25.3 Å². The summed E-state index contributed by atoms with van der Waals surface area (Å²) < 4.78 is 12.5. The molecule has 1 aliphatic rings. The van der Waals surface area contributed by atoms with Crippen LogP contribution in [-0.2, 0) is 11.3 Å². The molecular formula is C22H22N6O3. The molecule has 1 N–H and O–H groups in total. The highest BCUT2D eigenvalue weighted by molar-refractivity contribution is 6.04. The van der Waals surface area contributed by atoms with Crippen molar-refractivity contribution in [2.75, 3.05) is 25.5 Å². The second-order valence-corrected chi connectivity index (χ2v) is 7.62. The summed E-state index contributed by atoms with van der Waals surface area (Å²) in [6.45, 7) is 4.25. The normalized spacial score (nSPS) is 14.6. The quantitative estimate of drug-likeness (QED) is 0.514. The van der Waals surface area contributed by atoms with E-state index in [0.717, 1.165) is 29.9 Å². The number of carbonyl (C=O) groups is 1. The fourth-order valence-electron chi connectivity index (χ4n) is 3.61. The molecule has 4 aromatic rings. The predicted octanol–water partition coefficient (Wildman–Crippen LogP) is 2.78. The van der Waals surface area contributed by atoms with E-state index >= 15 is 0 Å². The van der Waals surface area contributed by atoms with E-state index < -0.39 is 0 Å². The van der Waals surface area contributed by atoms with Crippen LogP contribution in [0.4, 0.5) is 5.69 Å². The largest absolute Gasteiger partial charge is 0.379 e. The summed E-state index contributed by atoms with van der Waals surface area (Å²) >= 11 is 0.